The monoisotopic (exact) mass is 256 g/mol. The van der Waals surface area contributed by atoms with Gasteiger partial charge >= 0.3 is 0 Å². The Morgan fingerprint density at radius 2 is 2.05 bits per heavy atom. The van der Waals surface area contributed by atoms with Gasteiger partial charge in [0.15, 0.2) is 0 Å². The predicted octanol–water partition coefficient (Wildman–Crippen LogP) is 2.83. The Labute approximate surface area is 114 Å². The summed E-state index contributed by atoms with van der Waals surface area (Å²) >= 11 is 0. The Balaban J connectivity index is 2.07. The van der Waals surface area contributed by atoms with Crippen molar-refractivity contribution in [3.05, 3.63) is 35.4 Å². The number of amides is 1. The number of hydrogen-bond acceptors (Lipinski definition) is 2. The van der Waals surface area contributed by atoms with E-state index in [9.17, 15) is 4.79 Å². The van der Waals surface area contributed by atoms with Crippen molar-refractivity contribution in [1.29, 1.82) is 5.26 Å². The summed E-state index contributed by atoms with van der Waals surface area (Å²) < 4.78 is 0. The van der Waals surface area contributed by atoms with Crippen molar-refractivity contribution in [2.75, 3.05) is 6.54 Å². The van der Waals surface area contributed by atoms with E-state index in [-0.39, 0.29) is 18.5 Å². The summed E-state index contributed by atoms with van der Waals surface area (Å²) in [7, 11) is 0. The Hall–Kier alpha value is -1.82. The second-order valence-electron chi connectivity index (χ2n) is 5.22. The molecule has 1 saturated carbocycles. The minimum Gasteiger partial charge on any atom is -0.326 e. The fourth-order valence-corrected chi connectivity index (χ4v) is 2.79. The molecule has 1 amide bonds. The average molecular weight is 256 g/mol. The third kappa shape index (κ3) is 3.35. The fraction of sp³-hybridized carbons (Fsp3) is 0.500. The van der Waals surface area contributed by atoms with E-state index in [1.807, 2.05) is 31.2 Å². The van der Waals surface area contributed by atoms with Crippen molar-refractivity contribution in [2.45, 2.75) is 45.1 Å². The lowest BCUT2D eigenvalue weighted by atomic mass is 10.0. The highest BCUT2D eigenvalue weighted by Crippen LogP contribution is 2.24. The van der Waals surface area contributed by atoms with Crippen LogP contribution in [0.15, 0.2) is 24.3 Å². The molecule has 0 radical (unpaired) electrons. The molecule has 0 heterocycles. The number of benzene rings is 1. The lowest BCUT2D eigenvalue weighted by Crippen LogP contribution is -2.40. The van der Waals surface area contributed by atoms with Gasteiger partial charge in [-0.1, -0.05) is 37.1 Å². The van der Waals surface area contributed by atoms with Gasteiger partial charge in [0, 0.05) is 6.04 Å². The van der Waals surface area contributed by atoms with Crippen molar-refractivity contribution >= 4 is 5.91 Å². The van der Waals surface area contributed by atoms with E-state index in [1.54, 1.807) is 4.90 Å². The van der Waals surface area contributed by atoms with Gasteiger partial charge in [0.25, 0.3) is 0 Å². The molecule has 0 atom stereocenters. The molecule has 1 fully saturated rings. The van der Waals surface area contributed by atoms with Crippen LogP contribution < -0.4 is 0 Å². The zero-order chi connectivity index (χ0) is 13.7. The highest BCUT2D eigenvalue weighted by Gasteiger charge is 2.26. The largest absolute Gasteiger partial charge is 0.326 e. The number of carbonyl (C=O) groups excluding carboxylic acids is 1. The standard InChI is InChI=1S/C16H20N2O/c1-13-6-2-3-7-14(13)12-16(19)18(11-10-17)15-8-4-5-9-15/h2-3,6-7,15H,4-5,8-9,11-12H2,1H3. The van der Waals surface area contributed by atoms with Crippen LogP contribution in [0.2, 0.25) is 0 Å². The van der Waals surface area contributed by atoms with E-state index in [4.69, 9.17) is 5.26 Å². The van der Waals surface area contributed by atoms with E-state index in [0.29, 0.717) is 6.42 Å². The van der Waals surface area contributed by atoms with Crippen LogP contribution in [0, 0.1) is 18.3 Å². The van der Waals surface area contributed by atoms with Crippen LogP contribution in [0.25, 0.3) is 0 Å². The number of carbonyl (C=O) groups is 1. The number of rotatable bonds is 4. The summed E-state index contributed by atoms with van der Waals surface area (Å²) in [6, 6.07) is 10.4. The van der Waals surface area contributed by atoms with Crippen molar-refractivity contribution < 1.29 is 4.79 Å². The Kier molecular flexibility index (Phi) is 4.57. The number of aryl methyl sites for hydroxylation is 1. The van der Waals surface area contributed by atoms with Crippen molar-refractivity contribution in [2.24, 2.45) is 0 Å². The van der Waals surface area contributed by atoms with Gasteiger partial charge in [0.05, 0.1) is 12.5 Å². The molecule has 0 saturated heterocycles. The molecule has 0 aliphatic heterocycles. The molecule has 0 unspecified atom stereocenters. The van der Waals surface area contributed by atoms with Gasteiger partial charge in [-0.15, -0.1) is 0 Å². The van der Waals surface area contributed by atoms with Gasteiger partial charge in [-0.25, -0.2) is 0 Å². The normalized spacial score (nSPS) is 15.2. The molecule has 0 spiro atoms. The van der Waals surface area contributed by atoms with Crippen LogP contribution in [-0.2, 0) is 11.2 Å². The maximum Gasteiger partial charge on any atom is 0.228 e. The van der Waals surface area contributed by atoms with Crippen molar-refractivity contribution in [3.8, 4) is 6.07 Å². The third-order valence-electron chi connectivity index (χ3n) is 3.93. The summed E-state index contributed by atoms with van der Waals surface area (Å²) in [6.45, 7) is 2.24. The van der Waals surface area contributed by atoms with Crippen LogP contribution in [0.3, 0.4) is 0 Å². The number of hydrogen-bond donors (Lipinski definition) is 0. The second kappa shape index (κ2) is 6.38. The smallest absolute Gasteiger partial charge is 0.228 e. The summed E-state index contributed by atoms with van der Waals surface area (Å²) in [6.07, 6.45) is 4.84. The van der Waals surface area contributed by atoms with Gasteiger partial charge in [-0.3, -0.25) is 4.79 Å². The quantitative estimate of drug-likeness (QED) is 0.777. The average Bonchev–Trinajstić information content (AvgIpc) is 2.92. The van der Waals surface area contributed by atoms with Crippen LogP contribution in [0.5, 0.6) is 0 Å². The Morgan fingerprint density at radius 3 is 2.68 bits per heavy atom. The van der Waals surface area contributed by atoms with E-state index < -0.39 is 0 Å². The lowest BCUT2D eigenvalue weighted by molar-refractivity contribution is -0.132. The fourth-order valence-electron chi connectivity index (χ4n) is 2.79. The number of nitriles is 1. The summed E-state index contributed by atoms with van der Waals surface area (Å²) in [4.78, 5) is 14.2. The maximum absolute atomic E-state index is 12.4. The van der Waals surface area contributed by atoms with Gasteiger partial charge in [0.1, 0.15) is 6.54 Å². The van der Waals surface area contributed by atoms with Crippen LogP contribution in [0.1, 0.15) is 36.8 Å². The molecule has 1 aromatic carbocycles. The molecule has 19 heavy (non-hydrogen) atoms. The van der Waals surface area contributed by atoms with Gasteiger partial charge in [-0.2, -0.15) is 5.26 Å². The maximum atomic E-state index is 12.4. The van der Waals surface area contributed by atoms with Gasteiger partial charge in [-0.05, 0) is 30.9 Å². The molecule has 1 aromatic rings. The van der Waals surface area contributed by atoms with Crippen LogP contribution in [0.4, 0.5) is 0 Å². The van der Waals surface area contributed by atoms with E-state index in [1.165, 1.54) is 12.8 Å². The predicted molar refractivity (Wildman–Crippen MR) is 74.5 cm³/mol. The highest BCUT2D eigenvalue weighted by atomic mass is 16.2. The highest BCUT2D eigenvalue weighted by molar-refractivity contribution is 5.79. The summed E-state index contributed by atoms with van der Waals surface area (Å²) in [5.41, 5.74) is 2.20. The molecular formula is C16H20N2O. The zero-order valence-electron chi connectivity index (χ0n) is 11.4. The molecular weight excluding hydrogens is 236 g/mol. The minimum atomic E-state index is 0.0859. The van der Waals surface area contributed by atoms with Gasteiger partial charge in [0.2, 0.25) is 5.91 Å². The molecule has 1 aliphatic rings. The second-order valence-corrected chi connectivity index (χ2v) is 5.22. The van der Waals surface area contributed by atoms with E-state index >= 15 is 0 Å². The first-order valence-corrected chi connectivity index (χ1v) is 6.93. The molecule has 0 aromatic heterocycles. The topological polar surface area (TPSA) is 44.1 Å². The summed E-state index contributed by atoms with van der Waals surface area (Å²) in [5, 5.41) is 8.92. The lowest BCUT2D eigenvalue weighted by Gasteiger charge is -2.26. The molecule has 100 valence electrons. The molecule has 1 aliphatic carbocycles. The van der Waals surface area contributed by atoms with Crippen LogP contribution >= 0.6 is 0 Å². The molecule has 3 nitrogen and oxygen atoms in total. The molecule has 2 rings (SSSR count). The summed E-state index contributed by atoms with van der Waals surface area (Å²) in [5.74, 6) is 0.0859. The SMILES string of the molecule is Cc1ccccc1CC(=O)N(CC#N)C1CCCC1. The van der Waals surface area contributed by atoms with Gasteiger partial charge < -0.3 is 4.90 Å². The van der Waals surface area contributed by atoms with Crippen molar-refractivity contribution in [1.82, 2.24) is 4.90 Å². The van der Waals surface area contributed by atoms with Crippen molar-refractivity contribution in [3.63, 3.8) is 0 Å². The first-order valence-electron chi connectivity index (χ1n) is 6.93. The zero-order valence-corrected chi connectivity index (χ0v) is 11.4. The number of nitrogens with zero attached hydrogens (tertiary/aromatic N) is 2. The first-order chi connectivity index (χ1) is 9.22. The Bertz CT molecular complexity index is 484. The molecule has 0 N–H and O–H groups in total. The molecule has 0 bridgehead atoms. The molecule has 3 heteroatoms. The first kappa shape index (κ1) is 13.6. The van der Waals surface area contributed by atoms with Crippen LogP contribution in [-0.4, -0.2) is 23.4 Å². The van der Waals surface area contributed by atoms with E-state index in [2.05, 4.69) is 6.07 Å². The minimum absolute atomic E-state index is 0.0859. The third-order valence-corrected chi connectivity index (χ3v) is 3.93. The Morgan fingerprint density at radius 1 is 1.37 bits per heavy atom. The van der Waals surface area contributed by atoms with E-state index in [0.717, 1.165) is 24.0 Å².